The van der Waals surface area contributed by atoms with Crippen molar-refractivity contribution >= 4 is 17.5 Å². The summed E-state index contributed by atoms with van der Waals surface area (Å²) < 4.78 is 0. The molecule has 5 rings (SSSR count). The number of nitrogens with one attached hydrogen (secondary N) is 1. The molecule has 7 nitrogen and oxygen atoms in total. The molecule has 2 aromatic heterocycles. The number of hydrogen-bond donors (Lipinski definition) is 1. The molecule has 2 fully saturated rings. The minimum atomic E-state index is 0.0483. The Balaban J connectivity index is 1.20. The number of hydrogen-bond acceptors (Lipinski definition) is 6. The molecule has 0 aliphatic carbocycles. The zero-order valence-corrected chi connectivity index (χ0v) is 18.1. The molecule has 0 saturated carbocycles. The van der Waals surface area contributed by atoms with Crippen molar-refractivity contribution in [2.45, 2.75) is 6.04 Å². The van der Waals surface area contributed by atoms with Crippen molar-refractivity contribution in [1.29, 1.82) is 0 Å². The molecule has 2 saturated heterocycles. The zero-order valence-electron chi connectivity index (χ0n) is 18.1. The molecule has 164 valence electrons. The lowest BCUT2D eigenvalue weighted by atomic mass is 10.0. The third kappa shape index (κ3) is 4.43. The molecular formula is C25H28N6O. The summed E-state index contributed by atoms with van der Waals surface area (Å²) in [5.41, 5.74) is 1.93. The Morgan fingerprint density at radius 2 is 1.59 bits per heavy atom. The quantitative estimate of drug-likeness (QED) is 0.689. The maximum atomic E-state index is 13.0. The van der Waals surface area contributed by atoms with Crippen LogP contribution in [0.15, 0.2) is 73.1 Å². The van der Waals surface area contributed by atoms with E-state index in [9.17, 15) is 4.79 Å². The Morgan fingerprint density at radius 3 is 2.31 bits per heavy atom. The van der Waals surface area contributed by atoms with Gasteiger partial charge in [-0.05, 0) is 29.8 Å². The van der Waals surface area contributed by atoms with E-state index in [4.69, 9.17) is 0 Å². The average Bonchev–Trinajstić information content (AvgIpc) is 2.89. The van der Waals surface area contributed by atoms with E-state index in [1.165, 1.54) is 5.56 Å². The summed E-state index contributed by atoms with van der Waals surface area (Å²) in [5.74, 6) is 1.94. The first kappa shape index (κ1) is 20.5. The summed E-state index contributed by atoms with van der Waals surface area (Å²) in [6, 6.07) is 20.6. The number of nitrogens with zero attached hydrogens (tertiary/aromatic N) is 5. The maximum Gasteiger partial charge on any atom is 0.255 e. The number of aromatic nitrogens is 2. The molecule has 0 bridgehead atoms. The van der Waals surface area contributed by atoms with Crippen LogP contribution in [-0.2, 0) is 0 Å². The first-order valence-corrected chi connectivity index (χ1v) is 11.2. The predicted molar refractivity (Wildman–Crippen MR) is 126 cm³/mol. The minimum Gasteiger partial charge on any atom is -0.353 e. The average molecular weight is 429 g/mol. The van der Waals surface area contributed by atoms with Gasteiger partial charge >= 0.3 is 0 Å². The van der Waals surface area contributed by atoms with Gasteiger partial charge in [-0.1, -0.05) is 36.4 Å². The van der Waals surface area contributed by atoms with Gasteiger partial charge in [0.15, 0.2) is 0 Å². The van der Waals surface area contributed by atoms with E-state index in [1.54, 1.807) is 12.4 Å². The van der Waals surface area contributed by atoms with Crippen molar-refractivity contribution in [3.05, 3.63) is 84.2 Å². The fraction of sp³-hybridized carbons (Fsp3) is 0.320. The summed E-state index contributed by atoms with van der Waals surface area (Å²) in [6.45, 7) is 5.62. The summed E-state index contributed by atoms with van der Waals surface area (Å²) in [7, 11) is 0. The molecule has 0 unspecified atom stereocenters. The highest BCUT2D eigenvalue weighted by molar-refractivity contribution is 5.94. The van der Waals surface area contributed by atoms with Gasteiger partial charge in [0.05, 0.1) is 5.56 Å². The van der Waals surface area contributed by atoms with E-state index < -0.39 is 0 Å². The van der Waals surface area contributed by atoms with Crippen molar-refractivity contribution < 1.29 is 4.79 Å². The molecule has 0 spiro atoms. The van der Waals surface area contributed by atoms with Crippen molar-refractivity contribution in [3.8, 4) is 0 Å². The summed E-state index contributed by atoms with van der Waals surface area (Å²) in [5, 5.41) is 3.58. The summed E-state index contributed by atoms with van der Waals surface area (Å²) in [4.78, 5) is 28.5. The Bertz CT molecular complexity index is 1020. The smallest absolute Gasteiger partial charge is 0.255 e. The van der Waals surface area contributed by atoms with Gasteiger partial charge in [-0.15, -0.1) is 0 Å². The lowest BCUT2D eigenvalue weighted by molar-refractivity contribution is 0.0746. The topological polar surface area (TPSA) is 64.6 Å². The Kier molecular flexibility index (Phi) is 5.98. The van der Waals surface area contributed by atoms with Crippen LogP contribution in [0, 0.1) is 0 Å². The second-order valence-electron chi connectivity index (χ2n) is 8.24. The van der Waals surface area contributed by atoms with E-state index in [0.29, 0.717) is 18.7 Å². The van der Waals surface area contributed by atoms with Gasteiger partial charge in [-0.3, -0.25) is 4.79 Å². The summed E-state index contributed by atoms with van der Waals surface area (Å²) in [6.07, 6.45) is 3.53. The molecule has 4 heterocycles. The molecule has 1 aromatic carbocycles. The summed E-state index contributed by atoms with van der Waals surface area (Å²) >= 11 is 0. The number of carbonyl (C=O) groups excluding carboxylic acids is 1. The van der Waals surface area contributed by atoms with E-state index in [0.717, 1.165) is 44.4 Å². The molecule has 0 radical (unpaired) electrons. The van der Waals surface area contributed by atoms with Crippen LogP contribution < -0.4 is 15.1 Å². The maximum absolute atomic E-state index is 13.0. The van der Waals surface area contributed by atoms with Crippen LogP contribution in [0.3, 0.4) is 0 Å². The van der Waals surface area contributed by atoms with Gasteiger partial charge in [-0.25, -0.2) is 9.97 Å². The monoisotopic (exact) mass is 428 g/mol. The fourth-order valence-electron chi connectivity index (χ4n) is 4.43. The van der Waals surface area contributed by atoms with Crippen molar-refractivity contribution in [3.63, 3.8) is 0 Å². The predicted octanol–water partition coefficient (Wildman–Crippen LogP) is 2.59. The molecule has 7 heteroatoms. The first-order valence-electron chi connectivity index (χ1n) is 11.2. The first-order chi connectivity index (χ1) is 15.8. The van der Waals surface area contributed by atoms with Gasteiger partial charge in [-0.2, -0.15) is 0 Å². The standard InChI is InChI=1S/C25H28N6O/c32-25(30-16-14-29(15-17-30)23-8-4-5-11-27-23)21-9-10-24(28-18-21)31-13-12-26-22(19-31)20-6-2-1-3-7-20/h1-11,18,22,26H,12-17,19H2/t22-/m1/s1. The van der Waals surface area contributed by atoms with Crippen LogP contribution in [0.1, 0.15) is 22.0 Å². The third-order valence-electron chi connectivity index (χ3n) is 6.24. The number of pyridine rings is 2. The molecule has 32 heavy (non-hydrogen) atoms. The highest BCUT2D eigenvalue weighted by atomic mass is 16.2. The molecular weight excluding hydrogens is 400 g/mol. The Hall–Kier alpha value is -3.45. The number of carbonyl (C=O) groups is 1. The van der Waals surface area contributed by atoms with Crippen molar-refractivity contribution in [1.82, 2.24) is 20.2 Å². The van der Waals surface area contributed by atoms with E-state index in [-0.39, 0.29) is 11.9 Å². The number of rotatable bonds is 4. The van der Waals surface area contributed by atoms with E-state index in [1.807, 2.05) is 41.3 Å². The van der Waals surface area contributed by atoms with Crippen molar-refractivity contribution in [2.24, 2.45) is 0 Å². The SMILES string of the molecule is O=C(c1ccc(N2CCN[C@@H](c3ccccc3)C2)nc1)N1CCN(c2ccccn2)CC1. The zero-order chi connectivity index (χ0) is 21.8. The number of anilines is 2. The highest BCUT2D eigenvalue weighted by Crippen LogP contribution is 2.22. The fourth-order valence-corrected chi connectivity index (χ4v) is 4.43. The Labute approximate surface area is 188 Å². The van der Waals surface area contributed by atoms with Crippen molar-refractivity contribution in [2.75, 3.05) is 55.6 Å². The number of amides is 1. The van der Waals surface area contributed by atoms with Crippen LogP contribution in [-0.4, -0.2) is 66.6 Å². The van der Waals surface area contributed by atoms with Crippen LogP contribution in [0.25, 0.3) is 0 Å². The van der Waals surface area contributed by atoms with E-state index in [2.05, 4.69) is 49.4 Å². The second kappa shape index (κ2) is 9.36. The largest absolute Gasteiger partial charge is 0.353 e. The normalized spacial score (nSPS) is 19.1. The molecule has 1 N–H and O–H groups in total. The lowest BCUT2D eigenvalue weighted by Crippen LogP contribution is -2.49. The van der Waals surface area contributed by atoms with Crippen LogP contribution in [0.4, 0.5) is 11.6 Å². The van der Waals surface area contributed by atoms with Crippen LogP contribution in [0.5, 0.6) is 0 Å². The number of piperazine rings is 2. The van der Waals surface area contributed by atoms with E-state index >= 15 is 0 Å². The molecule has 1 amide bonds. The molecule has 2 aliphatic rings. The second-order valence-corrected chi connectivity index (χ2v) is 8.24. The third-order valence-corrected chi connectivity index (χ3v) is 6.24. The van der Waals surface area contributed by atoms with Gasteiger partial charge in [0.25, 0.3) is 5.91 Å². The van der Waals surface area contributed by atoms with Crippen LogP contribution in [0.2, 0.25) is 0 Å². The lowest BCUT2D eigenvalue weighted by Gasteiger charge is -2.36. The minimum absolute atomic E-state index is 0.0483. The highest BCUT2D eigenvalue weighted by Gasteiger charge is 2.24. The van der Waals surface area contributed by atoms with Crippen LogP contribution >= 0.6 is 0 Å². The molecule has 3 aromatic rings. The number of benzene rings is 1. The van der Waals surface area contributed by atoms with Gasteiger partial charge in [0.2, 0.25) is 0 Å². The van der Waals surface area contributed by atoms with Gasteiger partial charge < -0.3 is 20.0 Å². The molecule has 1 atom stereocenters. The van der Waals surface area contributed by atoms with Gasteiger partial charge in [0.1, 0.15) is 11.6 Å². The van der Waals surface area contributed by atoms with Gasteiger partial charge in [0, 0.05) is 64.2 Å². The Morgan fingerprint density at radius 1 is 0.812 bits per heavy atom. The molecule has 2 aliphatic heterocycles.